The Balaban J connectivity index is 2.38. The first kappa shape index (κ1) is 14.1. The van der Waals surface area contributed by atoms with Gasteiger partial charge in [-0.1, -0.05) is 13.8 Å². The third-order valence-corrected chi connectivity index (χ3v) is 3.07. The summed E-state index contributed by atoms with van der Waals surface area (Å²) in [7, 11) is 1.62. The summed E-state index contributed by atoms with van der Waals surface area (Å²) in [6.45, 7) is 3.92. The maximum absolute atomic E-state index is 10.9. The van der Waals surface area contributed by atoms with Crippen LogP contribution in [0.5, 0.6) is 5.75 Å². The number of ether oxygens (including phenoxy) is 1. The van der Waals surface area contributed by atoms with Gasteiger partial charge in [-0.05, 0) is 36.2 Å². The van der Waals surface area contributed by atoms with Crippen molar-refractivity contribution in [3.05, 3.63) is 36.0 Å². The predicted octanol–water partition coefficient (Wildman–Crippen LogP) is 2.77. The molecule has 1 aromatic heterocycles. The second kappa shape index (κ2) is 5.77. The number of rotatable bonds is 5. The van der Waals surface area contributed by atoms with Crippen LogP contribution in [0, 0.1) is 0 Å². The topological polar surface area (TPSA) is 64.3 Å². The molecule has 0 atom stereocenters. The highest BCUT2D eigenvalue weighted by atomic mass is 16.5. The smallest absolute Gasteiger partial charge is 0.325 e. The summed E-state index contributed by atoms with van der Waals surface area (Å²) in [4.78, 5) is 10.9. The molecule has 2 rings (SSSR count). The van der Waals surface area contributed by atoms with Gasteiger partial charge in [0.25, 0.3) is 0 Å². The highest BCUT2D eigenvalue weighted by molar-refractivity contribution is 5.67. The monoisotopic (exact) mass is 274 g/mol. The molecular weight excluding hydrogens is 256 g/mol. The molecule has 0 radical (unpaired) electrons. The molecule has 0 bridgehead atoms. The van der Waals surface area contributed by atoms with Crippen molar-refractivity contribution in [1.82, 2.24) is 9.78 Å². The van der Waals surface area contributed by atoms with Gasteiger partial charge in [0.15, 0.2) is 0 Å². The van der Waals surface area contributed by atoms with Crippen LogP contribution in [0.1, 0.15) is 25.5 Å². The maximum Gasteiger partial charge on any atom is 0.325 e. The Morgan fingerprint density at radius 1 is 1.35 bits per heavy atom. The van der Waals surface area contributed by atoms with Gasteiger partial charge in [-0.2, -0.15) is 5.10 Å². The Kier molecular flexibility index (Phi) is 4.08. The third-order valence-electron chi connectivity index (χ3n) is 3.07. The van der Waals surface area contributed by atoms with Crippen molar-refractivity contribution < 1.29 is 14.6 Å². The van der Waals surface area contributed by atoms with Crippen molar-refractivity contribution in [3.8, 4) is 17.0 Å². The number of carboxylic acid groups (broad SMARTS) is 1. The number of carbonyl (C=O) groups is 1. The van der Waals surface area contributed by atoms with Crippen molar-refractivity contribution in [2.45, 2.75) is 26.3 Å². The molecular formula is C15H18N2O3. The Hall–Kier alpha value is -2.30. The average molecular weight is 274 g/mol. The van der Waals surface area contributed by atoms with Crippen LogP contribution in [0.15, 0.2) is 30.3 Å². The molecule has 5 heteroatoms. The summed E-state index contributed by atoms with van der Waals surface area (Å²) in [5.41, 5.74) is 2.63. The van der Waals surface area contributed by atoms with Gasteiger partial charge in [-0.15, -0.1) is 0 Å². The fraction of sp³-hybridized carbons (Fsp3) is 0.333. The Bertz CT molecular complexity index is 600. The van der Waals surface area contributed by atoms with E-state index in [0.29, 0.717) is 0 Å². The first-order chi connectivity index (χ1) is 9.51. The van der Waals surface area contributed by atoms with Crippen molar-refractivity contribution in [3.63, 3.8) is 0 Å². The fourth-order valence-corrected chi connectivity index (χ4v) is 2.05. The molecule has 0 saturated carbocycles. The molecule has 0 aliphatic rings. The highest BCUT2D eigenvalue weighted by Gasteiger charge is 2.14. The van der Waals surface area contributed by atoms with Crippen LogP contribution in [0.2, 0.25) is 0 Å². The lowest BCUT2D eigenvalue weighted by molar-refractivity contribution is -0.137. The van der Waals surface area contributed by atoms with E-state index in [1.54, 1.807) is 11.8 Å². The summed E-state index contributed by atoms with van der Waals surface area (Å²) in [6, 6.07) is 9.49. The molecule has 0 amide bonds. The molecule has 0 aliphatic carbocycles. The zero-order valence-corrected chi connectivity index (χ0v) is 11.8. The van der Waals surface area contributed by atoms with Gasteiger partial charge in [0, 0.05) is 11.3 Å². The molecule has 1 aromatic carbocycles. The van der Waals surface area contributed by atoms with Crippen molar-refractivity contribution in [2.24, 2.45) is 0 Å². The molecule has 0 unspecified atom stereocenters. The van der Waals surface area contributed by atoms with Gasteiger partial charge in [-0.25, -0.2) is 0 Å². The standard InChI is InChI=1S/C15H18N2O3/c1-10(2)14-8-13(16-17(14)9-15(18)19)11-4-6-12(20-3)7-5-11/h4-8,10H,9H2,1-3H3,(H,18,19). The number of methoxy groups -OCH3 is 1. The number of nitrogens with zero attached hydrogens (tertiary/aromatic N) is 2. The lowest BCUT2D eigenvalue weighted by Crippen LogP contribution is -2.13. The van der Waals surface area contributed by atoms with Gasteiger partial charge in [0.1, 0.15) is 12.3 Å². The molecule has 20 heavy (non-hydrogen) atoms. The van der Waals surface area contributed by atoms with Gasteiger partial charge in [-0.3, -0.25) is 9.48 Å². The van der Waals surface area contributed by atoms with Crippen LogP contribution in [0.3, 0.4) is 0 Å². The number of aromatic nitrogens is 2. The van der Waals surface area contributed by atoms with Crippen LogP contribution in [-0.4, -0.2) is 28.0 Å². The van der Waals surface area contributed by atoms with Crippen LogP contribution in [0.4, 0.5) is 0 Å². The van der Waals surface area contributed by atoms with Crippen LogP contribution >= 0.6 is 0 Å². The average Bonchev–Trinajstić information content (AvgIpc) is 2.82. The largest absolute Gasteiger partial charge is 0.497 e. The zero-order chi connectivity index (χ0) is 14.7. The zero-order valence-electron chi connectivity index (χ0n) is 11.8. The molecule has 1 heterocycles. The normalized spacial score (nSPS) is 10.8. The summed E-state index contributed by atoms with van der Waals surface area (Å²) < 4.78 is 6.67. The van der Waals surface area contributed by atoms with Crippen LogP contribution in [0.25, 0.3) is 11.3 Å². The molecule has 0 fully saturated rings. The van der Waals surface area contributed by atoms with E-state index in [4.69, 9.17) is 9.84 Å². The number of benzene rings is 1. The summed E-state index contributed by atoms with van der Waals surface area (Å²) in [5, 5.41) is 13.3. The molecule has 0 aliphatic heterocycles. The van der Waals surface area contributed by atoms with Gasteiger partial charge >= 0.3 is 5.97 Å². The van der Waals surface area contributed by atoms with E-state index in [1.165, 1.54) is 0 Å². The maximum atomic E-state index is 10.9. The second-order valence-corrected chi connectivity index (χ2v) is 4.89. The van der Waals surface area contributed by atoms with Crippen LogP contribution in [-0.2, 0) is 11.3 Å². The summed E-state index contributed by atoms with van der Waals surface area (Å²) in [6.07, 6.45) is 0. The SMILES string of the molecule is COc1ccc(-c2cc(C(C)C)n(CC(=O)O)n2)cc1. The van der Waals surface area contributed by atoms with E-state index in [-0.39, 0.29) is 12.5 Å². The van der Waals surface area contributed by atoms with Crippen molar-refractivity contribution >= 4 is 5.97 Å². The van der Waals surface area contributed by atoms with E-state index in [2.05, 4.69) is 5.10 Å². The van der Waals surface area contributed by atoms with Gasteiger partial charge in [0.05, 0.1) is 12.8 Å². The number of hydrogen-bond acceptors (Lipinski definition) is 3. The molecule has 1 N–H and O–H groups in total. The minimum atomic E-state index is -0.892. The molecule has 0 saturated heterocycles. The molecule has 5 nitrogen and oxygen atoms in total. The summed E-state index contributed by atoms with van der Waals surface area (Å²) >= 11 is 0. The minimum absolute atomic E-state index is 0.121. The van der Waals surface area contributed by atoms with Crippen molar-refractivity contribution in [2.75, 3.05) is 7.11 Å². The van der Waals surface area contributed by atoms with E-state index in [9.17, 15) is 4.79 Å². The Labute approximate surface area is 117 Å². The second-order valence-electron chi connectivity index (χ2n) is 4.89. The number of carboxylic acids is 1. The first-order valence-corrected chi connectivity index (χ1v) is 6.45. The lowest BCUT2D eigenvalue weighted by Gasteiger charge is -2.06. The summed E-state index contributed by atoms with van der Waals surface area (Å²) in [5.74, 6) is 0.105. The van der Waals surface area contributed by atoms with Gasteiger partial charge < -0.3 is 9.84 Å². The molecule has 2 aromatic rings. The first-order valence-electron chi connectivity index (χ1n) is 6.45. The van der Waals surface area contributed by atoms with Crippen molar-refractivity contribution in [1.29, 1.82) is 0 Å². The number of hydrogen-bond donors (Lipinski definition) is 1. The highest BCUT2D eigenvalue weighted by Crippen LogP contribution is 2.25. The third kappa shape index (κ3) is 2.99. The van der Waals surface area contributed by atoms with E-state index in [1.807, 2.05) is 44.2 Å². The van der Waals surface area contributed by atoms with Crippen LogP contribution < -0.4 is 4.74 Å². The minimum Gasteiger partial charge on any atom is -0.497 e. The van der Waals surface area contributed by atoms with E-state index in [0.717, 1.165) is 22.7 Å². The molecule has 0 spiro atoms. The van der Waals surface area contributed by atoms with Gasteiger partial charge in [0.2, 0.25) is 0 Å². The van der Waals surface area contributed by atoms with E-state index < -0.39 is 5.97 Å². The fourth-order valence-electron chi connectivity index (χ4n) is 2.05. The number of aliphatic carboxylic acids is 1. The van der Waals surface area contributed by atoms with E-state index >= 15 is 0 Å². The molecule has 106 valence electrons. The Morgan fingerprint density at radius 2 is 2.00 bits per heavy atom. The predicted molar refractivity (Wildman–Crippen MR) is 75.9 cm³/mol. The quantitative estimate of drug-likeness (QED) is 0.910. The Morgan fingerprint density at radius 3 is 2.50 bits per heavy atom. The lowest BCUT2D eigenvalue weighted by atomic mass is 10.1.